The average Bonchev–Trinajstić information content (AvgIpc) is 2.35. The number of nitrogens with one attached hydrogen (secondary N) is 1. The number of piperidine rings is 1. The maximum atomic E-state index is 12.0. The molecule has 1 aliphatic rings. The van der Waals surface area contributed by atoms with Crippen molar-refractivity contribution in [3.05, 3.63) is 0 Å². The largest absolute Gasteiger partial charge is 0.481 e. The van der Waals surface area contributed by atoms with E-state index in [9.17, 15) is 18.0 Å². The van der Waals surface area contributed by atoms with Gasteiger partial charge in [-0.2, -0.15) is 0 Å². The van der Waals surface area contributed by atoms with E-state index in [4.69, 9.17) is 5.11 Å². The summed E-state index contributed by atoms with van der Waals surface area (Å²) in [7, 11) is -3.27. The van der Waals surface area contributed by atoms with Crippen molar-refractivity contribution in [2.24, 2.45) is 5.92 Å². The fourth-order valence-corrected chi connectivity index (χ4v) is 3.14. The number of amides is 1. The van der Waals surface area contributed by atoms with E-state index in [1.165, 1.54) is 4.31 Å². The highest BCUT2D eigenvalue weighted by Crippen LogP contribution is 2.19. The summed E-state index contributed by atoms with van der Waals surface area (Å²) in [6, 6.07) is -0.229. The van der Waals surface area contributed by atoms with Crippen molar-refractivity contribution in [1.29, 1.82) is 0 Å². The lowest BCUT2D eigenvalue weighted by Crippen LogP contribution is -2.46. The molecule has 2 N–H and O–H groups in total. The summed E-state index contributed by atoms with van der Waals surface area (Å²) in [5, 5.41) is 11.3. The normalized spacial score (nSPS) is 22.2. The Morgan fingerprint density at radius 1 is 1.45 bits per heavy atom. The Balaban J connectivity index is 2.48. The van der Waals surface area contributed by atoms with Gasteiger partial charge in [-0.3, -0.25) is 9.59 Å². The molecule has 1 aliphatic heterocycles. The SMILES string of the molecule is CC(CCC(=O)O)NC(=O)C1CCCN(S(C)(=O)=O)C1. The van der Waals surface area contributed by atoms with E-state index >= 15 is 0 Å². The molecule has 0 aromatic heterocycles. The van der Waals surface area contributed by atoms with Crippen LogP contribution in [0.25, 0.3) is 0 Å². The van der Waals surface area contributed by atoms with Crippen LogP contribution in [0.15, 0.2) is 0 Å². The molecule has 0 saturated carbocycles. The van der Waals surface area contributed by atoms with E-state index < -0.39 is 16.0 Å². The minimum atomic E-state index is -3.27. The third-order valence-corrected chi connectivity index (χ3v) is 4.67. The molecule has 20 heavy (non-hydrogen) atoms. The fraction of sp³-hybridized carbons (Fsp3) is 0.833. The van der Waals surface area contributed by atoms with Gasteiger partial charge in [0.2, 0.25) is 15.9 Å². The average molecular weight is 306 g/mol. The Morgan fingerprint density at radius 2 is 2.10 bits per heavy atom. The third kappa shape index (κ3) is 5.46. The van der Waals surface area contributed by atoms with Gasteiger partial charge < -0.3 is 10.4 Å². The topological polar surface area (TPSA) is 104 Å². The van der Waals surface area contributed by atoms with Gasteiger partial charge in [0, 0.05) is 25.6 Å². The second-order valence-electron chi connectivity index (χ2n) is 5.30. The number of carboxylic acid groups (broad SMARTS) is 1. The Bertz CT molecular complexity index is 462. The Morgan fingerprint density at radius 3 is 2.65 bits per heavy atom. The molecule has 1 rings (SSSR count). The molecule has 1 fully saturated rings. The summed E-state index contributed by atoms with van der Waals surface area (Å²) in [5.41, 5.74) is 0. The van der Waals surface area contributed by atoms with Gasteiger partial charge in [-0.25, -0.2) is 12.7 Å². The molecule has 1 heterocycles. The van der Waals surface area contributed by atoms with Crippen LogP contribution in [0.3, 0.4) is 0 Å². The lowest BCUT2D eigenvalue weighted by atomic mass is 9.98. The van der Waals surface area contributed by atoms with Crippen LogP contribution < -0.4 is 5.32 Å². The molecule has 7 nitrogen and oxygen atoms in total. The fourth-order valence-electron chi connectivity index (χ4n) is 2.23. The number of sulfonamides is 1. The number of aliphatic carboxylic acids is 1. The minimum Gasteiger partial charge on any atom is -0.481 e. The van der Waals surface area contributed by atoms with Gasteiger partial charge in [-0.15, -0.1) is 0 Å². The lowest BCUT2D eigenvalue weighted by Gasteiger charge is -2.30. The van der Waals surface area contributed by atoms with Crippen molar-refractivity contribution >= 4 is 21.9 Å². The number of hydrogen-bond donors (Lipinski definition) is 2. The molecular weight excluding hydrogens is 284 g/mol. The molecule has 116 valence electrons. The van der Waals surface area contributed by atoms with Crippen LogP contribution in [0.5, 0.6) is 0 Å². The van der Waals surface area contributed by atoms with Crippen molar-refractivity contribution < 1.29 is 23.1 Å². The van der Waals surface area contributed by atoms with Gasteiger partial charge in [-0.05, 0) is 26.2 Å². The van der Waals surface area contributed by atoms with Crippen molar-refractivity contribution in [2.45, 2.75) is 38.6 Å². The highest BCUT2D eigenvalue weighted by molar-refractivity contribution is 7.88. The Hall–Kier alpha value is -1.15. The smallest absolute Gasteiger partial charge is 0.303 e. The van der Waals surface area contributed by atoms with Crippen molar-refractivity contribution in [3.63, 3.8) is 0 Å². The first-order chi connectivity index (χ1) is 9.20. The number of nitrogens with zero attached hydrogens (tertiary/aromatic N) is 1. The first kappa shape index (κ1) is 16.9. The van der Waals surface area contributed by atoms with E-state index in [2.05, 4.69) is 5.32 Å². The molecule has 0 spiro atoms. The van der Waals surface area contributed by atoms with Crippen molar-refractivity contribution in [1.82, 2.24) is 9.62 Å². The van der Waals surface area contributed by atoms with Gasteiger partial charge >= 0.3 is 5.97 Å². The predicted octanol–water partition coefficient (Wildman–Crippen LogP) is 0.0275. The van der Waals surface area contributed by atoms with E-state index in [1.54, 1.807) is 6.92 Å². The van der Waals surface area contributed by atoms with Crippen LogP contribution >= 0.6 is 0 Å². The molecule has 8 heteroatoms. The zero-order chi connectivity index (χ0) is 15.3. The van der Waals surface area contributed by atoms with Crippen molar-refractivity contribution in [2.75, 3.05) is 19.3 Å². The van der Waals surface area contributed by atoms with Gasteiger partial charge in [0.05, 0.1) is 12.2 Å². The zero-order valence-electron chi connectivity index (χ0n) is 11.8. The summed E-state index contributed by atoms with van der Waals surface area (Å²) >= 11 is 0. The summed E-state index contributed by atoms with van der Waals surface area (Å²) in [6.07, 6.45) is 2.83. The monoisotopic (exact) mass is 306 g/mol. The summed E-state index contributed by atoms with van der Waals surface area (Å²) in [4.78, 5) is 22.5. The maximum absolute atomic E-state index is 12.0. The predicted molar refractivity (Wildman–Crippen MR) is 73.6 cm³/mol. The molecule has 0 aliphatic carbocycles. The van der Waals surface area contributed by atoms with Crippen LogP contribution in [0.2, 0.25) is 0 Å². The highest BCUT2D eigenvalue weighted by Gasteiger charge is 2.30. The van der Waals surface area contributed by atoms with Crippen LogP contribution in [-0.4, -0.2) is 55.1 Å². The molecule has 0 bridgehead atoms. The molecule has 0 aromatic carbocycles. The second kappa shape index (κ2) is 7.03. The van der Waals surface area contributed by atoms with Crippen LogP contribution in [-0.2, 0) is 19.6 Å². The van der Waals surface area contributed by atoms with Gasteiger partial charge in [0.25, 0.3) is 0 Å². The van der Waals surface area contributed by atoms with Gasteiger partial charge in [0.1, 0.15) is 0 Å². The van der Waals surface area contributed by atoms with E-state index in [1.807, 2.05) is 0 Å². The molecule has 1 saturated heterocycles. The summed E-state index contributed by atoms with van der Waals surface area (Å²) in [6.45, 7) is 2.41. The molecule has 0 radical (unpaired) electrons. The van der Waals surface area contributed by atoms with E-state index in [0.717, 1.165) is 6.26 Å². The Kier molecular flexibility index (Phi) is 5.94. The van der Waals surface area contributed by atoms with E-state index in [0.29, 0.717) is 25.8 Å². The molecule has 2 atom stereocenters. The third-order valence-electron chi connectivity index (χ3n) is 3.40. The maximum Gasteiger partial charge on any atom is 0.303 e. The molecule has 0 aromatic rings. The number of carbonyl (C=O) groups excluding carboxylic acids is 1. The standard InChI is InChI=1S/C12H22N2O5S/c1-9(5-6-11(15)16)13-12(17)10-4-3-7-14(8-10)20(2,18)19/h9-10H,3-8H2,1-2H3,(H,13,17)(H,15,16). The number of carboxylic acids is 1. The van der Waals surface area contributed by atoms with Crippen molar-refractivity contribution in [3.8, 4) is 0 Å². The van der Waals surface area contributed by atoms with E-state index in [-0.39, 0.29) is 30.8 Å². The van der Waals surface area contributed by atoms with Crippen LogP contribution in [0.4, 0.5) is 0 Å². The van der Waals surface area contributed by atoms with Crippen LogP contribution in [0.1, 0.15) is 32.6 Å². The number of rotatable bonds is 6. The first-order valence-corrected chi connectivity index (χ1v) is 8.52. The quantitative estimate of drug-likeness (QED) is 0.720. The second-order valence-corrected chi connectivity index (χ2v) is 7.28. The molecule has 2 unspecified atom stereocenters. The molecule has 1 amide bonds. The van der Waals surface area contributed by atoms with Gasteiger partial charge in [-0.1, -0.05) is 0 Å². The first-order valence-electron chi connectivity index (χ1n) is 6.67. The number of carbonyl (C=O) groups is 2. The highest BCUT2D eigenvalue weighted by atomic mass is 32.2. The van der Waals surface area contributed by atoms with Crippen LogP contribution in [0, 0.1) is 5.92 Å². The lowest BCUT2D eigenvalue weighted by molar-refractivity contribution is -0.137. The summed E-state index contributed by atoms with van der Waals surface area (Å²) in [5.74, 6) is -1.45. The minimum absolute atomic E-state index is 0.00157. The zero-order valence-corrected chi connectivity index (χ0v) is 12.6. The number of hydrogen-bond acceptors (Lipinski definition) is 4. The summed E-state index contributed by atoms with van der Waals surface area (Å²) < 4.78 is 24.3. The molecular formula is C12H22N2O5S. The Labute approximate surface area is 119 Å². The van der Waals surface area contributed by atoms with Gasteiger partial charge in [0.15, 0.2) is 0 Å².